The molecule has 0 saturated heterocycles. The summed E-state index contributed by atoms with van der Waals surface area (Å²) in [4.78, 5) is 11.8. The third-order valence-corrected chi connectivity index (χ3v) is 4.53. The van der Waals surface area contributed by atoms with Gasteiger partial charge < -0.3 is 11.1 Å². The predicted molar refractivity (Wildman–Crippen MR) is 90.1 cm³/mol. The van der Waals surface area contributed by atoms with Crippen LogP contribution < -0.4 is 11.1 Å². The number of carbonyl (C=O) groups is 1. The summed E-state index contributed by atoms with van der Waals surface area (Å²) in [6, 6.07) is 7.58. The van der Waals surface area contributed by atoms with Crippen molar-refractivity contribution in [1.29, 1.82) is 0 Å². The van der Waals surface area contributed by atoms with Crippen LogP contribution in [0.3, 0.4) is 0 Å². The van der Waals surface area contributed by atoms with Crippen molar-refractivity contribution in [3.63, 3.8) is 0 Å². The van der Waals surface area contributed by atoms with Crippen LogP contribution in [-0.2, 0) is 10.2 Å². The van der Waals surface area contributed by atoms with Crippen LogP contribution in [0.1, 0.15) is 44.6 Å². The molecule has 1 aromatic rings. The van der Waals surface area contributed by atoms with Crippen molar-refractivity contribution in [3.8, 4) is 0 Å². The second-order valence-corrected chi connectivity index (χ2v) is 6.29. The zero-order valence-electron chi connectivity index (χ0n) is 12.4. The van der Waals surface area contributed by atoms with E-state index in [1.807, 2.05) is 12.1 Å². The van der Waals surface area contributed by atoms with Gasteiger partial charge in [-0.2, -0.15) is 0 Å². The van der Waals surface area contributed by atoms with Gasteiger partial charge in [-0.3, -0.25) is 4.79 Å². The van der Waals surface area contributed by atoms with Crippen molar-refractivity contribution in [3.05, 3.63) is 34.9 Å². The van der Waals surface area contributed by atoms with E-state index in [0.717, 1.165) is 17.9 Å². The first kappa shape index (κ1) is 18.3. The van der Waals surface area contributed by atoms with Crippen LogP contribution >= 0.6 is 24.0 Å². The van der Waals surface area contributed by atoms with Crippen molar-refractivity contribution < 1.29 is 4.79 Å². The van der Waals surface area contributed by atoms with Crippen molar-refractivity contribution in [2.45, 2.75) is 50.5 Å². The van der Waals surface area contributed by atoms with E-state index < -0.39 is 6.04 Å². The second kappa shape index (κ2) is 8.02. The normalized spacial score (nSPS) is 18.4. The Morgan fingerprint density at radius 3 is 2.38 bits per heavy atom. The first-order chi connectivity index (χ1) is 9.53. The molecule has 1 aliphatic carbocycles. The molecule has 3 N–H and O–H groups in total. The van der Waals surface area contributed by atoms with Gasteiger partial charge in [-0.25, -0.2) is 0 Å². The number of hydrogen-bond donors (Lipinski definition) is 2. The Bertz CT molecular complexity index is 454. The average Bonchev–Trinajstić information content (AvgIpc) is 2.46. The maximum absolute atomic E-state index is 11.8. The van der Waals surface area contributed by atoms with Crippen LogP contribution in [0, 0.1) is 0 Å². The number of benzene rings is 1. The van der Waals surface area contributed by atoms with Gasteiger partial charge in [0.1, 0.15) is 0 Å². The van der Waals surface area contributed by atoms with Gasteiger partial charge in [0.25, 0.3) is 0 Å². The van der Waals surface area contributed by atoms with Crippen molar-refractivity contribution >= 4 is 29.9 Å². The standard InChI is InChI=1S/C16H23ClN2O.ClH/c1-12(18)15(20)19-11-16(9-3-2-4-10-16)13-5-7-14(17)8-6-13;/h5-8,12H,2-4,9-11,18H2,1H3,(H,19,20);1H/t12-;/m0./s1. The zero-order chi connectivity index (χ0) is 14.6. The lowest BCUT2D eigenvalue weighted by Gasteiger charge is -2.38. The van der Waals surface area contributed by atoms with Gasteiger partial charge in [0.2, 0.25) is 5.91 Å². The molecule has 5 heteroatoms. The number of carbonyl (C=O) groups excluding carboxylic acids is 1. The largest absolute Gasteiger partial charge is 0.354 e. The van der Waals surface area contributed by atoms with Crippen molar-refractivity contribution in [1.82, 2.24) is 5.32 Å². The highest BCUT2D eigenvalue weighted by Gasteiger charge is 2.34. The van der Waals surface area contributed by atoms with Gasteiger partial charge in [-0.1, -0.05) is 43.0 Å². The minimum Gasteiger partial charge on any atom is -0.354 e. The minimum atomic E-state index is -0.458. The first-order valence-corrected chi connectivity index (χ1v) is 7.71. The Morgan fingerprint density at radius 1 is 1.29 bits per heavy atom. The summed E-state index contributed by atoms with van der Waals surface area (Å²) >= 11 is 5.98. The van der Waals surface area contributed by atoms with Crippen LogP contribution in [-0.4, -0.2) is 18.5 Å². The van der Waals surface area contributed by atoms with Gasteiger partial charge in [-0.05, 0) is 37.5 Å². The second-order valence-electron chi connectivity index (χ2n) is 5.85. The van der Waals surface area contributed by atoms with Gasteiger partial charge in [0.05, 0.1) is 6.04 Å². The molecule has 2 rings (SSSR count). The highest BCUT2D eigenvalue weighted by molar-refractivity contribution is 6.30. The van der Waals surface area contributed by atoms with Crippen molar-refractivity contribution in [2.24, 2.45) is 5.73 Å². The Morgan fingerprint density at radius 2 is 1.86 bits per heavy atom. The highest BCUT2D eigenvalue weighted by atomic mass is 35.5. The summed E-state index contributed by atoms with van der Waals surface area (Å²) in [6.45, 7) is 2.38. The molecular weight excluding hydrogens is 307 g/mol. The summed E-state index contributed by atoms with van der Waals surface area (Å²) in [6.07, 6.45) is 5.89. The molecule has 1 atom stereocenters. The number of hydrogen-bond acceptors (Lipinski definition) is 2. The summed E-state index contributed by atoms with van der Waals surface area (Å²) in [5.41, 5.74) is 6.93. The molecule has 0 bridgehead atoms. The zero-order valence-corrected chi connectivity index (χ0v) is 14.0. The molecule has 1 aromatic carbocycles. The Kier molecular flexibility index (Phi) is 6.98. The summed E-state index contributed by atoms with van der Waals surface area (Å²) < 4.78 is 0. The van der Waals surface area contributed by atoms with Crippen LogP contribution in [0.4, 0.5) is 0 Å². The lowest BCUT2D eigenvalue weighted by atomic mass is 9.69. The van der Waals surface area contributed by atoms with E-state index >= 15 is 0 Å². The topological polar surface area (TPSA) is 55.1 Å². The molecule has 0 aliphatic heterocycles. The fourth-order valence-electron chi connectivity index (χ4n) is 3.02. The van der Waals surface area contributed by atoms with E-state index in [2.05, 4.69) is 17.4 Å². The number of nitrogens with one attached hydrogen (secondary N) is 1. The maximum Gasteiger partial charge on any atom is 0.236 e. The smallest absolute Gasteiger partial charge is 0.236 e. The lowest BCUT2D eigenvalue weighted by molar-refractivity contribution is -0.122. The highest BCUT2D eigenvalue weighted by Crippen LogP contribution is 2.39. The molecule has 0 heterocycles. The van der Waals surface area contributed by atoms with Crippen LogP contribution in [0.15, 0.2) is 24.3 Å². The van der Waals surface area contributed by atoms with E-state index in [9.17, 15) is 4.79 Å². The van der Waals surface area contributed by atoms with Crippen LogP contribution in [0.2, 0.25) is 5.02 Å². The third kappa shape index (κ3) is 4.60. The van der Waals surface area contributed by atoms with E-state index in [4.69, 9.17) is 17.3 Å². The number of rotatable bonds is 4. The SMILES string of the molecule is C[C@H](N)C(=O)NCC1(c2ccc(Cl)cc2)CCCCC1.Cl. The lowest BCUT2D eigenvalue weighted by Crippen LogP contribution is -2.46. The fourth-order valence-corrected chi connectivity index (χ4v) is 3.14. The summed E-state index contributed by atoms with van der Waals surface area (Å²) in [7, 11) is 0. The minimum absolute atomic E-state index is 0. The molecule has 0 spiro atoms. The summed E-state index contributed by atoms with van der Waals surface area (Å²) in [5.74, 6) is -0.0797. The molecule has 21 heavy (non-hydrogen) atoms. The maximum atomic E-state index is 11.8. The van der Waals surface area contributed by atoms with Gasteiger partial charge in [0, 0.05) is 17.0 Å². The van der Waals surface area contributed by atoms with Gasteiger partial charge in [-0.15, -0.1) is 12.4 Å². The van der Waals surface area contributed by atoms with Gasteiger partial charge in [0.15, 0.2) is 0 Å². The van der Waals surface area contributed by atoms with E-state index in [1.54, 1.807) is 6.92 Å². The monoisotopic (exact) mass is 330 g/mol. The number of amides is 1. The molecule has 1 aliphatic rings. The first-order valence-electron chi connectivity index (χ1n) is 7.33. The molecular formula is C16H24Cl2N2O. The quantitative estimate of drug-likeness (QED) is 0.888. The van der Waals surface area contributed by atoms with Crippen LogP contribution in [0.25, 0.3) is 0 Å². The molecule has 0 unspecified atom stereocenters. The molecule has 0 radical (unpaired) electrons. The van der Waals surface area contributed by atoms with E-state index in [1.165, 1.54) is 24.8 Å². The average molecular weight is 331 g/mol. The Labute approximate surface area is 138 Å². The fraction of sp³-hybridized carbons (Fsp3) is 0.562. The predicted octanol–water partition coefficient (Wildman–Crippen LogP) is 3.43. The molecule has 3 nitrogen and oxygen atoms in total. The van der Waals surface area contributed by atoms with E-state index in [0.29, 0.717) is 6.54 Å². The summed E-state index contributed by atoms with van der Waals surface area (Å²) in [5, 5.41) is 3.76. The molecule has 1 amide bonds. The molecule has 1 saturated carbocycles. The number of halogens is 2. The Balaban J connectivity index is 0.00000220. The third-order valence-electron chi connectivity index (χ3n) is 4.28. The Hall–Kier alpha value is -0.770. The van der Waals surface area contributed by atoms with Crippen LogP contribution in [0.5, 0.6) is 0 Å². The molecule has 0 aromatic heterocycles. The number of nitrogens with two attached hydrogens (primary N) is 1. The molecule has 118 valence electrons. The van der Waals surface area contributed by atoms with E-state index in [-0.39, 0.29) is 23.7 Å². The molecule has 1 fully saturated rings. The van der Waals surface area contributed by atoms with Crippen molar-refractivity contribution in [2.75, 3.05) is 6.54 Å². The van der Waals surface area contributed by atoms with Gasteiger partial charge >= 0.3 is 0 Å².